The Morgan fingerprint density at radius 1 is 1.21 bits per heavy atom. The molecule has 6 nitrogen and oxygen atoms in total. The summed E-state index contributed by atoms with van der Waals surface area (Å²) in [4.78, 5) is 25.5. The van der Waals surface area contributed by atoms with Crippen LogP contribution in [0.2, 0.25) is 5.02 Å². The SMILES string of the molecule is NC(=O)c1c(NC(=S)NC(=O)c2ccc(-c3cccc(Cl)c3)o2)sc2c1CCC2. The van der Waals surface area contributed by atoms with E-state index in [0.29, 0.717) is 21.3 Å². The van der Waals surface area contributed by atoms with Gasteiger partial charge in [0, 0.05) is 15.5 Å². The second kappa shape index (κ2) is 7.98. The number of aryl methyl sites for hydroxylation is 1. The molecule has 1 aliphatic rings. The third-order valence-electron chi connectivity index (χ3n) is 4.56. The van der Waals surface area contributed by atoms with Crippen molar-refractivity contribution < 1.29 is 14.0 Å². The van der Waals surface area contributed by atoms with E-state index in [4.69, 9.17) is 34.0 Å². The second-order valence-electron chi connectivity index (χ2n) is 6.51. The van der Waals surface area contributed by atoms with Crippen LogP contribution in [-0.4, -0.2) is 16.9 Å². The first kappa shape index (κ1) is 19.6. The maximum atomic E-state index is 12.5. The molecule has 0 aliphatic heterocycles. The van der Waals surface area contributed by atoms with Gasteiger partial charge in [0.05, 0.1) is 5.56 Å². The molecular formula is C20H16ClN3O3S2. The number of nitrogens with two attached hydrogens (primary N) is 1. The standard InChI is InChI=1S/C20H16ClN3O3S2/c21-11-4-1-3-10(9-11)13-7-8-14(27-13)18(26)23-20(28)24-19-16(17(22)25)12-5-2-6-15(12)29-19/h1,3-4,7-9H,2,5-6H2,(H2,22,25)(H2,23,24,26,28). The van der Waals surface area contributed by atoms with Crippen molar-refractivity contribution in [2.45, 2.75) is 19.3 Å². The van der Waals surface area contributed by atoms with Crippen LogP contribution in [0, 0.1) is 0 Å². The van der Waals surface area contributed by atoms with E-state index in [1.54, 1.807) is 30.3 Å². The summed E-state index contributed by atoms with van der Waals surface area (Å²) in [5, 5.41) is 6.70. The molecule has 0 radical (unpaired) electrons. The number of fused-ring (bicyclic) bond motifs is 1. The highest BCUT2D eigenvalue weighted by Gasteiger charge is 2.26. The second-order valence-corrected chi connectivity index (χ2v) is 8.46. The Balaban J connectivity index is 1.46. The number of benzene rings is 1. The molecule has 2 amide bonds. The van der Waals surface area contributed by atoms with Gasteiger partial charge in [-0.05, 0) is 61.3 Å². The number of hydrogen-bond acceptors (Lipinski definition) is 5. The van der Waals surface area contributed by atoms with Gasteiger partial charge in [-0.25, -0.2) is 0 Å². The van der Waals surface area contributed by atoms with Crippen molar-refractivity contribution in [3.8, 4) is 11.3 Å². The first-order chi connectivity index (χ1) is 13.9. The molecule has 0 atom stereocenters. The van der Waals surface area contributed by atoms with E-state index in [9.17, 15) is 9.59 Å². The van der Waals surface area contributed by atoms with Gasteiger partial charge in [-0.15, -0.1) is 11.3 Å². The van der Waals surface area contributed by atoms with Crippen LogP contribution in [0.25, 0.3) is 11.3 Å². The molecule has 2 aromatic heterocycles. The van der Waals surface area contributed by atoms with Crippen LogP contribution in [0.5, 0.6) is 0 Å². The van der Waals surface area contributed by atoms with Crippen LogP contribution in [-0.2, 0) is 12.8 Å². The Hall–Kier alpha value is -2.68. The van der Waals surface area contributed by atoms with Crippen LogP contribution in [0.15, 0.2) is 40.8 Å². The molecule has 148 valence electrons. The Morgan fingerprint density at radius 3 is 2.79 bits per heavy atom. The molecule has 0 saturated carbocycles. The van der Waals surface area contributed by atoms with Crippen LogP contribution >= 0.6 is 35.2 Å². The predicted molar refractivity (Wildman–Crippen MR) is 118 cm³/mol. The number of nitrogens with one attached hydrogen (secondary N) is 2. The van der Waals surface area contributed by atoms with E-state index in [1.807, 2.05) is 6.07 Å². The van der Waals surface area contributed by atoms with Crippen molar-refractivity contribution in [1.82, 2.24) is 5.32 Å². The summed E-state index contributed by atoms with van der Waals surface area (Å²) in [7, 11) is 0. The lowest BCUT2D eigenvalue weighted by atomic mass is 10.1. The van der Waals surface area contributed by atoms with Gasteiger partial charge < -0.3 is 15.5 Å². The highest BCUT2D eigenvalue weighted by molar-refractivity contribution is 7.80. The van der Waals surface area contributed by atoms with Gasteiger partial charge in [-0.2, -0.15) is 0 Å². The van der Waals surface area contributed by atoms with Crippen LogP contribution < -0.4 is 16.4 Å². The first-order valence-corrected chi connectivity index (χ1v) is 10.4. The number of amides is 2. The van der Waals surface area contributed by atoms with Crippen LogP contribution in [0.3, 0.4) is 0 Å². The number of carbonyl (C=O) groups is 2. The van der Waals surface area contributed by atoms with Crippen LogP contribution in [0.4, 0.5) is 5.00 Å². The van der Waals surface area contributed by atoms with E-state index >= 15 is 0 Å². The third kappa shape index (κ3) is 4.05. The van der Waals surface area contributed by atoms with Gasteiger partial charge >= 0.3 is 0 Å². The van der Waals surface area contributed by atoms with Crippen molar-refractivity contribution in [1.29, 1.82) is 0 Å². The highest BCUT2D eigenvalue weighted by Crippen LogP contribution is 2.38. The zero-order valence-corrected chi connectivity index (χ0v) is 17.5. The zero-order chi connectivity index (χ0) is 20.5. The van der Waals surface area contributed by atoms with Gasteiger partial charge in [0.15, 0.2) is 10.9 Å². The quantitative estimate of drug-likeness (QED) is 0.518. The van der Waals surface area contributed by atoms with E-state index in [-0.39, 0.29) is 10.9 Å². The van der Waals surface area contributed by atoms with Gasteiger partial charge in [-0.1, -0.05) is 23.7 Å². The minimum Gasteiger partial charge on any atom is -0.451 e. The van der Waals surface area contributed by atoms with Crippen LogP contribution in [0.1, 0.15) is 37.8 Å². The number of halogens is 1. The average Bonchev–Trinajstić information content (AvgIpc) is 3.36. The molecular weight excluding hydrogens is 430 g/mol. The van der Waals surface area contributed by atoms with Crippen molar-refractivity contribution in [3.05, 3.63) is 63.2 Å². The lowest BCUT2D eigenvalue weighted by Crippen LogP contribution is -2.34. The summed E-state index contributed by atoms with van der Waals surface area (Å²) in [6, 6.07) is 10.4. The normalized spacial score (nSPS) is 12.4. The topological polar surface area (TPSA) is 97.4 Å². The zero-order valence-electron chi connectivity index (χ0n) is 15.1. The number of primary amides is 1. The third-order valence-corrected chi connectivity index (χ3v) is 6.21. The maximum Gasteiger partial charge on any atom is 0.293 e. The minimum absolute atomic E-state index is 0.0677. The van der Waals surface area contributed by atoms with Gasteiger partial charge in [0.2, 0.25) is 0 Å². The molecule has 1 aromatic carbocycles. The van der Waals surface area contributed by atoms with Gasteiger partial charge in [0.25, 0.3) is 11.8 Å². The average molecular weight is 446 g/mol. The molecule has 4 N–H and O–H groups in total. The Kier molecular flexibility index (Phi) is 5.40. The monoisotopic (exact) mass is 445 g/mol. The van der Waals surface area contributed by atoms with Crippen molar-refractivity contribution >= 4 is 57.1 Å². The number of thiocarbonyl (C=S) groups is 1. The smallest absolute Gasteiger partial charge is 0.293 e. The fraction of sp³-hybridized carbons (Fsp3) is 0.150. The molecule has 0 fully saturated rings. The molecule has 1 aliphatic carbocycles. The Bertz CT molecular complexity index is 1140. The number of furan rings is 1. The highest BCUT2D eigenvalue weighted by atomic mass is 35.5. The van der Waals surface area contributed by atoms with Gasteiger partial charge in [-0.3, -0.25) is 14.9 Å². The summed E-state index contributed by atoms with van der Waals surface area (Å²) < 4.78 is 5.62. The number of thiophene rings is 1. The predicted octanol–water partition coefficient (Wildman–Crippen LogP) is 4.38. The van der Waals surface area contributed by atoms with E-state index in [1.165, 1.54) is 11.3 Å². The summed E-state index contributed by atoms with van der Waals surface area (Å²) in [5.41, 5.74) is 7.74. The molecule has 29 heavy (non-hydrogen) atoms. The Morgan fingerprint density at radius 2 is 2.03 bits per heavy atom. The van der Waals surface area contributed by atoms with E-state index in [0.717, 1.165) is 35.3 Å². The fourth-order valence-corrected chi connectivity index (χ4v) is 5.06. The number of rotatable bonds is 4. The lowest BCUT2D eigenvalue weighted by molar-refractivity contribution is 0.0950. The van der Waals surface area contributed by atoms with E-state index in [2.05, 4.69) is 10.6 Å². The molecule has 4 rings (SSSR count). The molecule has 0 unspecified atom stereocenters. The minimum atomic E-state index is -0.502. The van der Waals surface area contributed by atoms with E-state index < -0.39 is 11.8 Å². The maximum absolute atomic E-state index is 12.5. The van der Waals surface area contributed by atoms with Gasteiger partial charge in [0.1, 0.15) is 10.8 Å². The summed E-state index contributed by atoms with van der Waals surface area (Å²) in [6.45, 7) is 0. The molecule has 2 heterocycles. The Labute approximate surface area is 181 Å². The van der Waals surface area contributed by atoms with Crippen molar-refractivity contribution in [2.75, 3.05) is 5.32 Å². The lowest BCUT2D eigenvalue weighted by Gasteiger charge is -2.09. The molecule has 3 aromatic rings. The van der Waals surface area contributed by atoms with Crippen molar-refractivity contribution in [3.63, 3.8) is 0 Å². The molecule has 0 bridgehead atoms. The first-order valence-electron chi connectivity index (χ1n) is 8.85. The number of hydrogen-bond donors (Lipinski definition) is 3. The molecule has 0 spiro atoms. The summed E-state index contributed by atoms with van der Waals surface area (Å²) in [6.07, 6.45) is 2.75. The fourth-order valence-electron chi connectivity index (χ4n) is 3.31. The molecule has 0 saturated heterocycles. The summed E-state index contributed by atoms with van der Waals surface area (Å²) >= 11 is 12.7. The largest absolute Gasteiger partial charge is 0.451 e. The number of anilines is 1. The molecule has 9 heteroatoms. The van der Waals surface area contributed by atoms with Crippen molar-refractivity contribution in [2.24, 2.45) is 5.73 Å². The number of carbonyl (C=O) groups excluding carboxylic acids is 2. The summed E-state index contributed by atoms with van der Waals surface area (Å²) in [5.74, 6) is -0.381.